The summed E-state index contributed by atoms with van der Waals surface area (Å²) in [4.78, 5) is 0. The maximum atomic E-state index is 9.41. The zero-order chi connectivity index (χ0) is 8.55. The molecule has 0 saturated heterocycles. The van der Waals surface area contributed by atoms with Gasteiger partial charge in [0.2, 0.25) is 0 Å². The summed E-state index contributed by atoms with van der Waals surface area (Å²) < 4.78 is 5.08. The van der Waals surface area contributed by atoms with E-state index in [1.165, 1.54) is 5.56 Å². The molecule has 0 bridgehead atoms. The summed E-state index contributed by atoms with van der Waals surface area (Å²) in [5, 5.41) is 12.6. The Bertz CT molecular complexity index is 315. The van der Waals surface area contributed by atoms with Crippen LogP contribution in [0.1, 0.15) is 5.56 Å². The Kier molecular flexibility index (Phi) is 3.03. The van der Waals surface area contributed by atoms with Crippen molar-refractivity contribution in [3.63, 3.8) is 0 Å². The van der Waals surface area contributed by atoms with Gasteiger partial charge in [-0.05, 0) is 18.1 Å². The van der Waals surface area contributed by atoms with Crippen LogP contribution in [0.4, 0.5) is 5.69 Å². The molecule has 4 heteroatoms. The SMILES string of the molecule is Br.COc1c(O)ccc2c1NCC2. The smallest absolute Gasteiger partial charge is 0.183 e. The average molecular weight is 246 g/mol. The maximum Gasteiger partial charge on any atom is 0.183 e. The Labute approximate surface area is 87.5 Å². The van der Waals surface area contributed by atoms with E-state index in [0.717, 1.165) is 18.7 Å². The van der Waals surface area contributed by atoms with Crippen molar-refractivity contribution in [2.45, 2.75) is 6.42 Å². The van der Waals surface area contributed by atoms with Crippen molar-refractivity contribution in [3.05, 3.63) is 17.7 Å². The first-order valence-electron chi connectivity index (χ1n) is 3.95. The predicted octanol–water partition coefficient (Wildman–Crippen LogP) is 1.95. The van der Waals surface area contributed by atoms with Crippen LogP contribution < -0.4 is 10.1 Å². The number of phenols is 1. The van der Waals surface area contributed by atoms with Gasteiger partial charge in [-0.3, -0.25) is 0 Å². The van der Waals surface area contributed by atoms with E-state index in [2.05, 4.69) is 5.32 Å². The second kappa shape index (κ2) is 3.87. The summed E-state index contributed by atoms with van der Waals surface area (Å²) >= 11 is 0. The Morgan fingerprint density at radius 1 is 1.46 bits per heavy atom. The van der Waals surface area contributed by atoms with Gasteiger partial charge in [0.15, 0.2) is 11.5 Å². The number of anilines is 1. The molecule has 13 heavy (non-hydrogen) atoms. The number of nitrogens with one attached hydrogen (secondary N) is 1. The first-order chi connectivity index (χ1) is 5.83. The lowest BCUT2D eigenvalue weighted by molar-refractivity contribution is 0.375. The number of phenolic OH excluding ortho intramolecular Hbond substituents is 1. The molecule has 72 valence electrons. The first-order valence-corrected chi connectivity index (χ1v) is 3.95. The van der Waals surface area contributed by atoms with Gasteiger partial charge in [0.1, 0.15) is 0 Å². The number of hydrogen-bond donors (Lipinski definition) is 2. The molecule has 2 rings (SSSR count). The van der Waals surface area contributed by atoms with Gasteiger partial charge < -0.3 is 15.2 Å². The van der Waals surface area contributed by atoms with Gasteiger partial charge in [0.05, 0.1) is 12.8 Å². The number of aromatic hydroxyl groups is 1. The number of hydrogen-bond acceptors (Lipinski definition) is 3. The van der Waals surface area contributed by atoms with E-state index in [4.69, 9.17) is 4.74 Å². The van der Waals surface area contributed by atoms with Crippen LogP contribution in [0.15, 0.2) is 12.1 Å². The Hall–Kier alpha value is -0.900. The summed E-state index contributed by atoms with van der Waals surface area (Å²) in [5.74, 6) is 0.760. The third-order valence-electron chi connectivity index (χ3n) is 2.12. The lowest BCUT2D eigenvalue weighted by atomic mass is 10.1. The lowest BCUT2D eigenvalue weighted by Crippen LogP contribution is -1.94. The van der Waals surface area contributed by atoms with Crippen LogP contribution in [0, 0.1) is 0 Å². The summed E-state index contributed by atoms with van der Waals surface area (Å²) in [6.45, 7) is 0.926. The van der Waals surface area contributed by atoms with E-state index >= 15 is 0 Å². The number of benzene rings is 1. The van der Waals surface area contributed by atoms with Crippen LogP contribution in [-0.4, -0.2) is 18.8 Å². The number of fused-ring (bicyclic) bond motifs is 1. The van der Waals surface area contributed by atoms with Crippen molar-refractivity contribution in [2.75, 3.05) is 19.0 Å². The topological polar surface area (TPSA) is 41.5 Å². The van der Waals surface area contributed by atoms with Gasteiger partial charge in [0.25, 0.3) is 0 Å². The van der Waals surface area contributed by atoms with Crippen molar-refractivity contribution in [3.8, 4) is 11.5 Å². The summed E-state index contributed by atoms with van der Waals surface area (Å²) in [5.41, 5.74) is 2.15. The zero-order valence-electron chi connectivity index (χ0n) is 7.33. The Morgan fingerprint density at radius 3 is 2.92 bits per heavy atom. The highest BCUT2D eigenvalue weighted by Gasteiger charge is 2.17. The van der Waals surface area contributed by atoms with E-state index in [1.807, 2.05) is 6.07 Å². The monoisotopic (exact) mass is 245 g/mol. The van der Waals surface area contributed by atoms with Crippen molar-refractivity contribution in [1.29, 1.82) is 0 Å². The van der Waals surface area contributed by atoms with Crippen molar-refractivity contribution >= 4 is 22.7 Å². The minimum absolute atomic E-state index is 0. The third-order valence-corrected chi connectivity index (χ3v) is 2.12. The third kappa shape index (κ3) is 1.58. The fraction of sp³-hybridized carbons (Fsp3) is 0.333. The van der Waals surface area contributed by atoms with Gasteiger partial charge in [0, 0.05) is 6.54 Å². The molecule has 0 aliphatic carbocycles. The van der Waals surface area contributed by atoms with Crippen LogP contribution in [0.3, 0.4) is 0 Å². The second-order valence-corrected chi connectivity index (χ2v) is 2.83. The number of rotatable bonds is 1. The molecule has 1 aliphatic rings. The van der Waals surface area contributed by atoms with Crippen LogP contribution in [0.25, 0.3) is 0 Å². The number of halogens is 1. The van der Waals surface area contributed by atoms with Crippen molar-refractivity contribution in [1.82, 2.24) is 0 Å². The molecular weight excluding hydrogens is 234 g/mol. The summed E-state index contributed by atoms with van der Waals surface area (Å²) in [7, 11) is 1.56. The fourth-order valence-electron chi connectivity index (χ4n) is 1.54. The van der Waals surface area contributed by atoms with Gasteiger partial charge in [-0.1, -0.05) is 6.07 Å². The van der Waals surface area contributed by atoms with E-state index in [0.29, 0.717) is 5.75 Å². The van der Waals surface area contributed by atoms with Gasteiger partial charge in [-0.25, -0.2) is 0 Å². The molecule has 0 amide bonds. The Morgan fingerprint density at radius 2 is 2.23 bits per heavy atom. The molecule has 0 atom stereocenters. The van der Waals surface area contributed by atoms with E-state index in [-0.39, 0.29) is 22.7 Å². The molecule has 0 saturated carbocycles. The first kappa shape index (κ1) is 10.2. The summed E-state index contributed by atoms with van der Waals surface area (Å²) in [6, 6.07) is 3.60. The molecule has 0 fully saturated rings. The molecule has 1 aromatic carbocycles. The molecule has 2 N–H and O–H groups in total. The van der Waals surface area contributed by atoms with E-state index in [1.54, 1.807) is 13.2 Å². The van der Waals surface area contributed by atoms with Gasteiger partial charge >= 0.3 is 0 Å². The molecular formula is C9H12BrNO2. The second-order valence-electron chi connectivity index (χ2n) is 2.83. The predicted molar refractivity (Wildman–Crippen MR) is 57.2 cm³/mol. The minimum Gasteiger partial charge on any atom is -0.504 e. The minimum atomic E-state index is 0. The van der Waals surface area contributed by atoms with Crippen LogP contribution in [0.2, 0.25) is 0 Å². The standard InChI is InChI=1S/C9H11NO2.BrH/c1-12-9-7(11)3-2-6-4-5-10-8(6)9;/h2-3,10-11H,4-5H2,1H3;1H. The highest BCUT2D eigenvalue weighted by atomic mass is 79.9. The lowest BCUT2D eigenvalue weighted by Gasteiger charge is -2.08. The number of ether oxygens (including phenoxy) is 1. The number of methoxy groups -OCH3 is 1. The van der Waals surface area contributed by atoms with Crippen molar-refractivity contribution < 1.29 is 9.84 Å². The van der Waals surface area contributed by atoms with Crippen LogP contribution in [-0.2, 0) is 6.42 Å². The highest BCUT2D eigenvalue weighted by Crippen LogP contribution is 2.39. The average Bonchev–Trinajstić information content (AvgIpc) is 2.52. The Balaban J connectivity index is 0.000000845. The molecule has 0 unspecified atom stereocenters. The molecule has 1 aromatic rings. The quantitative estimate of drug-likeness (QED) is 0.795. The van der Waals surface area contributed by atoms with Crippen LogP contribution in [0.5, 0.6) is 11.5 Å². The zero-order valence-corrected chi connectivity index (χ0v) is 9.05. The van der Waals surface area contributed by atoms with E-state index < -0.39 is 0 Å². The molecule has 0 aromatic heterocycles. The normalized spacial score (nSPS) is 12.7. The fourth-order valence-corrected chi connectivity index (χ4v) is 1.54. The molecule has 1 aliphatic heterocycles. The molecule has 0 spiro atoms. The molecule has 3 nitrogen and oxygen atoms in total. The molecule has 0 radical (unpaired) electrons. The van der Waals surface area contributed by atoms with E-state index in [9.17, 15) is 5.11 Å². The molecule has 1 heterocycles. The van der Waals surface area contributed by atoms with Crippen LogP contribution >= 0.6 is 17.0 Å². The van der Waals surface area contributed by atoms with Gasteiger partial charge in [-0.2, -0.15) is 0 Å². The largest absolute Gasteiger partial charge is 0.504 e. The van der Waals surface area contributed by atoms with Gasteiger partial charge in [-0.15, -0.1) is 17.0 Å². The summed E-state index contributed by atoms with van der Waals surface area (Å²) in [6.07, 6.45) is 1.01. The maximum absolute atomic E-state index is 9.41. The van der Waals surface area contributed by atoms with Crippen molar-refractivity contribution in [2.24, 2.45) is 0 Å². The highest BCUT2D eigenvalue weighted by molar-refractivity contribution is 8.93.